The van der Waals surface area contributed by atoms with Crippen molar-refractivity contribution in [3.05, 3.63) is 47.9 Å². The molecule has 20 heavy (non-hydrogen) atoms. The molecule has 0 fully saturated rings. The number of nitrogens with one attached hydrogen (secondary N) is 1. The second-order valence-electron chi connectivity index (χ2n) is 4.05. The summed E-state index contributed by atoms with van der Waals surface area (Å²) in [5.41, 5.74) is 6.33. The molecule has 0 saturated carbocycles. The Morgan fingerprint density at radius 1 is 1.40 bits per heavy atom. The van der Waals surface area contributed by atoms with Gasteiger partial charge in [-0.2, -0.15) is 0 Å². The van der Waals surface area contributed by atoms with Crippen LogP contribution < -0.4 is 15.8 Å². The molecule has 1 aromatic carbocycles. The Hall–Kier alpha value is -2.63. The number of hydrogen-bond acceptors (Lipinski definition) is 4. The molecule has 0 radical (unpaired) electrons. The minimum absolute atomic E-state index is 0.149. The molecule has 0 saturated heterocycles. The first-order valence-electron chi connectivity index (χ1n) is 6.04. The number of halogens is 1. The molecular formula is C14H14FN3O2. The van der Waals surface area contributed by atoms with E-state index in [2.05, 4.69) is 10.3 Å². The Morgan fingerprint density at radius 3 is 2.80 bits per heavy atom. The Kier molecular flexibility index (Phi) is 4.14. The van der Waals surface area contributed by atoms with Crippen LogP contribution in [0, 0.1) is 5.82 Å². The number of ether oxygens (including phenoxy) is 1. The van der Waals surface area contributed by atoms with Crippen LogP contribution >= 0.6 is 0 Å². The fraction of sp³-hybridized carbons (Fsp3) is 0.143. The summed E-state index contributed by atoms with van der Waals surface area (Å²) in [5, 5.41) is 2.60. The summed E-state index contributed by atoms with van der Waals surface area (Å²) in [7, 11) is 0. The van der Waals surface area contributed by atoms with Crippen LogP contribution in [0.1, 0.15) is 17.3 Å². The van der Waals surface area contributed by atoms with E-state index in [0.29, 0.717) is 18.2 Å². The van der Waals surface area contributed by atoms with E-state index in [1.165, 1.54) is 12.3 Å². The summed E-state index contributed by atoms with van der Waals surface area (Å²) in [4.78, 5) is 16.0. The molecule has 3 N–H and O–H groups in total. The van der Waals surface area contributed by atoms with Crippen molar-refractivity contribution in [2.45, 2.75) is 6.92 Å². The smallest absolute Gasteiger partial charge is 0.255 e. The van der Waals surface area contributed by atoms with Gasteiger partial charge < -0.3 is 15.8 Å². The largest absolute Gasteiger partial charge is 0.478 e. The maximum absolute atomic E-state index is 13.2. The van der Waals surface area contributed by atoms with Crippen molar-refractivity contribution in [2.75, 3.05) is 17.7 Å². The van der Waals surface area contributed by atoms with Crippen LogP contribution in [-0.2, 0) is 0 Å². The van der Waals surface area contributed by atoms with Crippen molar-refractivity contribution in [1.82, 2.24) is 4.98 Å². The SMILES string of the molecule is CCOc1ccc(NC(=O)c2cc(N)cc(F)c2)cn1. The van der Waals surface area contributed by atoms with Crippen LogP contribution in [0.2, 0.25) is 0 Å². The average Bonchev–Trinajstić information content (AvgIpc) is 2.40. The molecule has 1 heterocycles. The van der Waals surface area contributed by atoms with Crippen molar-refractivity contribution >= 4 is 17.3 Å². The number of nitrogens with zero attached hydrogens (tertiary/aromatic N) is 1. The number of carbonyl (C=O) groups is 1. The molecule has 0 aliphatic heterocycles. The summed E-state index contributed by atoms with van der Waals surface area (Å²) in [6, 6.07) is 6.96. The number of anilines is 2. The number of hydrogen-bond donors (Lipinski definition) is 2. The van der Waals surface area contributed by atoms with Gasteiger partial charge in [-0.3, -0.25) is 4.79 Å². The minimum atomic E-state index is -0.556. The molecule has 0 aliphatic carbocycles. The lowest BCUT2D eigenvalue weighted by Gasteiger charge is -2.07. The van der Waals surface area contributed by atoms with Gasteiger partial charge in [-0.1, -0.05) is 0 Å². The van der Waals surface area contributed by atoms with Crippen molar-refractivity contribution < 1.29 is 13.9 Å². The molecule has 6 heteroatoms. The number of carbonyl (C=O) groups excluding carboxylic acids is 1. The number of nitrogens with two attached hydrogens (primary N) is 1. The second-order valence-corrected chi connectivity index (χ2v) is 4.05. The lowest BCUT2D eigenvalue weighted by atomic mass is 10.2. The third-order valence-corrected chi connectivity index (χ3v) is 2.47. The van der Waals surface area contributed by atoms with Gasteiger partial charge in [0.25, 0.3) is 5.91 Å². The highest BCUT2D eigenvalue weighted by atomic mass is 19.1. The van der Waals surface area contributed by atoms with E-state index in [1.807, 2.05) is 6.92 Å². The zero-order valence-corrected chi connectivity index (χ0v) is 10.9. The summed E-state index contributed by atoms with van der Waals surface area (Å²) in [5.74, 6) is -0.539. The molecule has 2 rings (SSSR count). The molecule has 0 unspecified atom stereocenters. The van der Waals surface area contributed by atoms with Gasteiger partial charge in [0, 0.05) is 17.3 Å². The van der Waals surface area contributed by atoms with E-state index in [-0.39, 0.29) is 11.3 Å². The predicted molar refractivity (Wildman–Crippen MR) is 74.2 cm³/mol. The van der Waals surface area contributed by atoms with Crippen LogP contribution in [-0.4, -0.2) is 17.5 Å². The molecule has 0 aliphatic rings. The van der Waals surface area contributed by atoms with Gasteiger partial charge in [0.1, 0.15) is 5.82 Å². The van der Waals surface area contributed by atoms with Crippen LogP contribution in [0.15, 0.2) is 36.5 Å². The predicted octanol–water partition coefficient (Wildman–Crippen LogP) is 2.45. The van der Waals surface area contributed by atoms with Gasteiger partial charge in [-0.05, 0) is 31.2 Å². The van der Waals surface area contributed by atoms with Gasteiger partial charge in [0.05, 0.1) is 18.5 Å². The first-order chi connectivity index (χ1) is 9.58. The van der Waals surface area contributed by atoms with Gasteiger partial charge in [0.15, 0.2) is 0 Å². The highest BCUT2D eigenvalue weighted by Crippen LogP contribution is 2.15. The molecule has 0 atom stereocenters. The molecule has 5 nitrogen and oxygen atoms in total. The van der Waals surface area contributed by atoms with Gasteiger partial charge >= 0.3 is 0 Å². The van der Waals surface area contributed by atoms with Crippen LogP contribution in [0.4, 0.5) is 15.8 Å². The van der Waals surface area contributed by atoms with Gasteiger partial charge in [-0.25, -0.2) is 9.37 Å². The van der Waals surface area contributed by atoms with E-state index in [1.54, 1.807) is 12.1 Å². The zero-order valence-electron chi connectivity index (χ0n) is 10.9. The number of rotatable bonds is 4. The highest BCUT2D eigenvalue weighted by molar-refractivity contribution is 6.04. The molecule has 0 bridgehead atoms. The fourth-order valence-corrected chi connectivity index (χ4v) is 1.63. The van der Waals surface area contributed by atoms with Gasteiger partial charge in [0.2, 0.25) is 5.88 Å². The number of benzene rings is 1. The highest BCUT2D eigenvalue weighted by Gasteiger charge is 2.09. The molecule has 1 aromatic heterocycles. The van der Waals surface area contributed by atoms with Crippen LogP contribution in [0.3, 0.4) is 0 Å². The monoisotopic (exact) mass is 275 g/mol. The summed E-state index contributed by atoms with van der Waals surface area (Å²) < 4.78 is 18.4. The standard InChI is InChI=1S/C14H14FN3O2/c1-2-20-13-4-3-12(8-17-13)18-14(19)9-5-10(15)7-11(16)6-9/h3-8H,2,16H2,1H3,(H,18,19). The summed E-state index contributed by atoms with van der Waals surface area (Å²) in [6.45, 7) is 2.37. The first kappa shape index (κ1) is 13.8. The average molecular weight is 275 g/mol. The maximum atomic E-state index is 13.2. The van der Waals surface area contributed by atoms with Crippen molar-refractivity contribution in [3.63, 3.8) is 0 Å². The fourth-order valence-electron chi connectivity index (χ4n) is 1.63. The van der Waals surface area contributed by atoms with Crippen molar-refractivity contribution in [3.8, 4) is 5.88 Å². The van der Waals surface area contributed by atoms with Crippen molar-refractivity contribution in [2.24, 2.45) is 0 Å². The third-order valence-electron chi connectivity index (χ3n) is 2.47. The van der Waals surface area contributed by atoms with Gasteiger partial charge in [-0.15, -0.1) is 0 Å². The van der Waals surface area contributed by atoms with E-state index in [4.69, 9.17) is 10.5 Å². The number of aromatic nitrogens is 1. The molecular weight excluding hydrogens is 261 g/mol. The quantitative estimate of drug-likeness (QED) is 0.840. The summed E-state index contributed by atoms with van der Waals surface area (Å²) >= 11 is 0. The Balaban J connectivity index is 2.10. The first-order valence-corrected chi connectivity index (χ1v) is 6.04. The third kappa shape index (κ3) is 3.44. The lowest BCUT2D eigenvalue weighted by Crippen LogP contribution is -2.12. The maximum Gasteiger partial charge on any atom is 0.255 e. The van der Waals surface area contributed by atoms with E-state index in [9.17, 15) is 9.18 Å². The molecule has 2 aromatic rings. The summed E-state index contributed by atoms with van der Waals surface area (Å²) in [6.07, 6.45) is 1.46. The Morgan fingerprint density at radius 2 is 2.20 bits per heavy atom. The molecule has 1 amide bonds. The second kappa shape index (κ2) is 6.01. The minimum Gasteiger partial charge on any atom is -0.478 e. The number of amides is 1. The van der Waals surface area contributed by atoms with Crippen LogP contribution in [0.25, 0.3) is 0 Å². The number of nitrogen functional groups attached to an aromatic ring is 1. The zero-order chi connectivity index (χ0) is 14.5. The number of pyridine rings is 1. The van der Waals surface area contributed by atoms with Crippen LogP contribution in [0.5, 0.6) is 5.88 Å². The molecule has 0 spiro atoms. The topological polar surface area (TPSA) is 77.2 Å². The van der Waals surface area contributed by atoms with E-state index < -0.39 is 11.7 Å². The Labute approximate surface area is 115 Å². The Bertz CT molecular complexity index is 594. The molecule has 104 valence electrons. The van der Waals surface area contributed by atoms with E-state index in [0.717, 1.165) is 12.1 Å². The van der Waals surface area contributed by atoms with Crippen molar-refractivity contribution in [1.29, 1.82) is 0 Å². The lowest BCUT2D eigenvalue weighted by molar-refractivity contribution is 0.102. The normalized spacial score (nSPS) is 10.1. The van der Waals surface area contributed by atoms with E-state index >= 15 is 0 Å².